The van der Waals surface area contributed by atoms with E-state index in [1.165, 1.54) is 0 Å². The molecule has 1 heterocycles. The van der Waals surface area contributed by atoms with Gasteiger partial charge in [-0.3, -0.25) is 15.0 Å². The van der Waals surface area contributed by atoms with Crippen molar-refractivity contribution in [1.82, 2.24) is 15.5 Å². The second kappa shape index (κ2) is 5.46. The number of nitrogens with two attached hydrogens (primary N) is 1. The van der Waals surface area contributed by atoms with E-state index in [1.807, 2.05) is 11.8 Å². The van der Waals surface area contributed by atoms with Gasteiger partial charge in [0.2, 0.25) is 5.91 Å². The molecule has 0 aromatic carbocycles. The molecular weight excluding hydrogens is 220 g/mol. The predicted molar refractivity (Wildman–Crippen MR) is 65.5 cm³/mol. The van der Waals surface area contributed by atoms with Gasteiger partial charge in [-0.25, -0.2) is 4.79 Å². The van der Waals surface area contributed by atoms with Crippen LogP contribution in [0.25, 0.3) is 0 Å². The number of carbonyl (C=O) groups excluding carboxylic acids is 2. The Labute approximate surface area is 102 Å². The van der Waals surface area contributed by atoms with Crippen molar-refractivity contribution < 1.29 is 9.59 Å². The van der Waals surface area contributed by atoms with Crippen LogP contribution in [0.1, 0.15) is 27.2 Å². The molecule has 1 aliphatic heterocycles. The summed E-state index contributed by atoms with van der Waals surface area (Å²) in [6.45, 7) is 7.52. The molecule has 1 rings (SSSR count). The minimum absolute atomic E-state index is 0.166. The van der Waals surface area contributed by atoms with Gasteiger partial charge in [-0.05, 0) is 20.3 Å². The van der Waals surface area contributed by atoms with Crippen LogP contribution in [-0.4, -0.2) is 48.1 Å². The molecule has 0 aromatic rings. The van der Waals surface area contributed by atoms with Gasteiger partial charge in [-0.1, -0.05) is 6.92 Å². The van der Waals surface area contributed by atoms with E-state index in [0.29, 0.717) is 19.6 Å². The molecule has 1 unspecified atom stereocenters. The van der Waals surface area contributed by atoms with Crippen molar-refractivity contribution >= 4 is 11.9 Å². The summed E-state index contributed by atoms with van der Waals surface area (Å²) in [7, 11) is 0. The standard InChI is InChI=1S/C11H22N4O2/c1-4-11(12)6-15(7-11)8(3)9(16)14-10(17)13-5-2/h8H,4-7,12H2,1-3H3,(H2,13,14,16,17). The smallest absolute Gasteiger partial charge is 0.321 e. The van der Waals surface area contributed by atoms with Gasteiger partial charge in [0.1, 0.15) is 0 Å². The van der Waals surface area contributed by atoms with Crippen LogP contribution in [0.3, 0.4) is 0 Å². The molecule has 0 saturated carbocycles. The van der Waals surface area contributed by atoms with Gasteiger partial charge in [0, 0.05) is 25.2 Å². The molecule has 98 valence electrons. The number of hydrogen-bond donors (Lipinski definition) is 3. The summed E-state index contributed by atoms with van der Waals surface area (Å²) in [5.74, 6) is -0.283. The lowest BCUT2D eigenvalue weighted by molar-refractivity contribution is -0.127. The highest BCUT2D eigenvalue weighted by Crippen LogP contribution is 2.23. The molecule has 1 fully saturated rings. The minimum Gasteiger partial charge on any atom is -0.338 e. The molecule has 0 spiro atoms. The van der Waals surface area contributed by atoms with Gasteiger partial charge >= 0.3 is 6.03 Å². The first-order valence-electron chi connectivity index (χ1n) is 6.03. The lowest BCUT2D eigenvalue weighted by Crippen LogP contribution is -2.70. The van der Waals surface area contributed by atoms with Crippen molar-refractivity contribution in [3.05, 3.63) is 0 Å². The summed E-state index contributed by atoms with van der Waals surface area (Å²) in [4.78, 5) is 24.9. The second-order valence-electron chi connectivity index (χ2n) is 4.65. The van der Waals surface area contributed by atoms with Crippen LogP contribution in [-0.2, 0) is 4.79 Å². The third-order valence-corrected chi connectivity index (χ3v) is 3.24. The van der Waals surface area contributed by atoms with Crippen molar-refractivity contribution in [3.63, 3.8) is 0 Å². The summed E-state index contributed by atoms with van der Waals surface area (Å²) in [6.07, 6.45) is 0.897. The van der Waals surface area contributed by atoms with E-state index in [0.717, 1.165) is 6.42 Å². The fraction of sp³-hybridized carbons (Fsp3) is 0.818. The van der Waals surface area contributed by atoms with Crippen LogP contribution < -0.4 is 16.4 Å². The lowest BCUT2D eigenvalue weighted by Gasteiger charge is -2.49. The zero-order chi connectivity index (χ0) is 13.1. The van der Waals surface area contributed by atoms with Crippen LogP contribution >= 0.6 is 0 Å². The molecular formula is C11H22N4O2. The Morgan fingerprint density at radius 2 is 2.00 bits per heavy atom. The van der Waals surface area contributed by atoms with Crippen LogP contribution in [0.4, 0.5) is 4.79 Å². The van der Waals surface area contributed by atoms with Crippen molar-refractivity contribution in [2.45, 2.75) is 38.8 Å². The van der Waals surface area contributed by atoms with Gasteiger partial charge < -0.3 is 11.1 Å². The molecule has 4 N–H and O–H groups in total. The Bertz CT molecular complexity index is 300. The Hall–Kier alpha value is -1.14. The van der Waals surface area contributed by atoms with Gasteiger partial charge in [0.05, 0.1) is 6.04 Å². The fourth-order valence-corrected chi connectivity index (χ4v) is 1.85. The molecule has 0 radical (unpaired) electrons. The monoisotopic (exact) mass is 242 g/mol. The van der Waals surface area contributed by atoms with E-state index in [4.69, 9.17) is 5.73 Å². The number of likely N-dealkylation sites (tertiary alicyclic amines) is 1. The highest BCUT2D eigenvalue weighted by atomic mass is 16.2. The van der Waals surface area contributed by atoms with E-state index in [-0.39, 0.29) is 17.5 Å². The Balaban J connectivity index is 2.36. The van der Waals surface area contributed by atoms with E-state index in [9.17, 15) is 9.59 Å². The average Bonchev–Trinajstić information content (AvgIpc) is 2.24. The van der Waals surface area contributed by atoms with Crippen molar-refractivity contribution in [2.24, 2.45) is 5.73 Å². The van der Waals surface area contributed by atoms with Gasteiger partial charge in [0.25, 0.3) is 0 Å². The second-order valence-corrected chi connectivity index (χ2v) is 4.65. The lowest BCUT2D eigenvalue weighted by atomic mass is 9.87. The molecule has 6 nitrogen and oxygen atoms in total. The highest BCUT2D eigenvalue weighted by molar-refractivity contribution is 5.96. The van der Waals surface area contributed by atoms with Crippen molar-refractivity contribution in [2.75, 3.05) is 19.6 Å². The predicted octanol–water partition coefficient (Wildman–Crippen LogP) is -0.356. The maximum absolute atomic E-state index is 11.7. The van der Waals surface area contributed by atoms with Crippen LogP contribution in [0.15, 0.2) is 0 Å². The molecule has 0 bridgehead atoms. The quantitative estimate of drug-likeness (QED) is 0.628. The SMILES string of the molecule is CCNC(=O)NC(=O)C(C)N1CC(N)(CC)C1. The number of urea groups is 1. The molecule has 17 heavy (non-hydrogen) atoms. The molecule has 0 aliphatic carbocycles. The molecule has 6 heteroatoms. The number of carbonyl (C=O) groups is 2. The van der Waals surface area contributed by atoms with E-state index in [1.54, 1.807) is 13.8 Å². The van der Waals surface area contributed by atoms with Crippen LogP contribution in [0.5, 0.6) is 0 Å². The van der Waals surface area contributed by atoms with E-state index < -0.39 is 6.03 Å². The fourth-order valence-electron chi connectivity index (χ4n) is 1.85. The summed E-state index contributed by atoms with van der Waals surface area (Å²) < 4.78 is 0. The molecule has 3 amide bonds. The van der Waals surface area contributed by atoms with Gasteiger partial charge in [-0.2, -0.15) is 0 Å². The first kappa shape index (κ1) is 13.9. The zero-order valence-electron chi connectivity index (χ0n) is 10.7. The third-order valence-electron chi connectivity index (χ3n) is 3.24. The largest absolute Gasteiger partial charge is 0.338 e. The Morgan fingerprint density at radius 1 is 1.41 bits per heavy atom. The summed E-state index contributed by atoms with van der Waals surface area (Å²) >= 11 is 0. The van der Waals surface area contributed by atoms with E-state index >= 15 is 0 Å². The van der Waals surface area contributed by atoms with Gasteiger partial charge in [-0.15, -0.1) is 0 Å². The third kappa shape index (κ3) is 3.41. The van der Waals surface area contributed by atoms with Crippen molar-refractivity contribution in [1.29, 1.82) is 0 Å². The van der Waals surface area contributed by atoms with Gasteiger partial charge in [0.15, 0.2) is 0 Å². The van der Waals surface area contributed by atoms with Crippen LogP contribution in [0, 0.1) is 0 Å². The normalized spacial score (nSPS) is 20.2. The molecule has 1 aliphatic rings. The molecule has 0 aromatic heterocycles. The number of amides is 3. The topological polar surface area (TPSA) is 87.5 Å². The molecule has 1 saturated heterocycles. The first-order valence-corrected chi connectivity index (χ1v) is 6.03. The van der Waals surface area contributed by atoms with E-state index in [2.05, 4.69) is 10.6 Å². The average molecular weight is 242 g/mol. The number of nitrogens with zero attached hydrogens (tertiary/aromatic N) is 1. The number of rotatable bonds is 4. The number of nitrogens with one attached hydrogen (secondary N) is 2. The number of hydrogen-bond acceptors (Lipinski definition) is 4. The summed E-state index contributed by atoms with van der Waals surface area (Å²) in [5.41, 5.74) is 5.86. The summed E-state index contributed by atoms with van der Waals surface area (Å²) in [6, 6.07) is -0.764. The maximum Gasteiger partial charge on any atom is 0.321 e. The van der Waals surface area contributed by atoms with Crippen molar-refractivity contribution in [3.8, 4) is 0 Å². The number of imide groups is 1. The van der Waals surface area contributed by atoms with Crippen LogP contribution in [0.2, 0.25) is 0 Å². The Kier molecular flexibility index (Phi) is 4.47. The zero-order valence-corrected chi connectivity index (χ0v) is 10.7. The highest BCUT2D eigenvalue weighted by Gasteiger charge is 2.41. The maximum atomic E-state index is 11.7. The summed E-state index contributed by atoms with van der Waals surface area (Å²) in [5, 5.41) is 4.82. The first-order chi connectivity index (χ1) is 7.91. The minimum atomic E-state index is -0.445. The molecule has 1 atom stereocenters. The Morgan fingerprint density at radius 3 is 2.47 bits per heavy atom.